The Bertz CT molecular complexity index is 676. The molecular weight excluding hydrogens is 292 g/mol. The first-order valence-corrected chi connectivity index (χ1v) is 6.50. The zero-order valence-corrected chi connectivity index (χ0v) is 12.4. The van der Waals surface area contributed by atoms with Crippen molar-refractivity contribution in [1.29, 1.82) is 0 Å². The van der Waals surface area contributed by atoms with Crippen LogP contribution in [-0.2, 0) is 0 Å². The summed E-state index contributed by atoms with van der Waals surface area (Å²) in [5, 5.41) is 3.33. The van der Waals surface area contributed by atoms with Crippen molar-refractivity contribution >= 4 is 28.9 Å². The SMILES string of the molecule is COc1cc(Cl)c(C)cc1NC(=O)c1cnccc1NN. The van der Waals surface area contributed by atoms with Crippen LogP contribution in [0.5, 0.6) is 5.75 Å². The second kappa shape index (κ2) is 6.43. The first-order valence-electron chi connectivity index (χ1n) is 6.13. The molecule has 21 heavy (non-hydrogen) atoms. The quantitative estimate of drug-likeness (QED) is 0.597. The number of ether oxygens (including phenoxy) is 1. The van der Waals surface area contributed by atoms with Crippen molar-refractivity contribution < 1.29 is 9.53 Å². The molecule has 0 saturated heterocycles. The fraction of sp³-hybridized carbons (Fsp3) is 0.143. The van der Waals surface area contributed by atoms with Crippen LogP contribution in [-0.4, -0.2) is 18.0 Å². The third-order valence-corrected chi connectivity index (χ3v) is 3.36. The maximum atomic E-state index is 12.3. The van der Waals surface area contributed by atoms with E-state index in [1.807, 2.05) is 6.92 Å². The number of hydrogen-bond donors (Lipinski definition) is 3. The van der Waals surface area contributed by atoms with Gasteiger partial charge in [0.15, 0.2) is 0 Å². The third-order valence-electron chi connectivity index (χ3n) is 2.95. The number of halogens is 1. The molecule has 0 spiro atoms. The molecule has 0 bridgehead atoms. The van der Waals surface area contributed by atoms with E-state index in [1.54, 1.807) is 24.4 Å². The van der Waals surface area contributed by atoms with Crippen LogP contribution in [0.2, 0.25) is 5.02 Å². The van der Waals surface area contributed by atoms with Gasteiger partial charge in [-0.1, -0.05) is 11.6 Å². The van der Waals surface area contributed by atoms with E-state index in [2.05, 4.69) is 15.7 Å². The number of pyridine rings is 1. The number of aromatic nitrogens is 1. The molecule has 1 amide bonds. The van der Waals surface area contributed by atoms with Crippen molar-refractivity contribution in [2.24, 2.45) is 5.84 Å². The number of anilines is 2. The Labute approximate surface area is 127 Å². The Balaban J connectivity index is 2.33. The van der Waals surface area contributed by atoms with Gasteiger partial charge in [0.1, 0.15) is 5.75 Å². The smallest absolute Gasteiger partial charge is 0.259 e. The molecule has 4 N–H and O–H groups in total. The monoisotopic (exact) mass is 306 g/mol. The number of benzene rings is 1. The van der Waals surface area contributed by atoms with Crippen molar-refractivity contribution in [1.82, 2.24) is 4.98 Å². The lowest BCUT2D eigenvalue weighted by molar-refractivity contribution is 0.102. The summed E-state index contributed by atoms with van der Waals surface area (Å²) in [7, 11) is 1.51. The highest BCUT2D eigenvalue weighted by atomic mass is 35.5. The number of methoxy groups -OCH3 is 1. The first-order chi connectivity index (χ1) is 10.1. The van der Waals surface area contributed by atoms with Crippen molar-refractivity contribution in [2.45, 2.75) is 6.92 Å². The largest absolute Gasteiger partial charge is 0.495 e. The molecule has 1 aromatic heterocycles. The lowest BCUT2D eigenvalue weighted by Gasteiger charge is -2.13. The highest BCUT2D eigenvalue weighted by molar-refractivity contribution is 6.31. The Hall–Kier alpha value is -2.31. The van der Waals surface area contributed by atoms with Crippen molar-refractivity contribution in [3.05, 3.63) is 46.7 Å². The highest BCUT2D eigenvalue weighted by Crippen LogP contribution is 2.31. The number of nitrogens with one attached hydrogen (secondary N) is 2. The number of carbonyl (C=O) groups excluding carboxylic acids is 1. The number of nitrogen functional groups attached to an aromatic ring is 1. The summed E-state index contributed by atoms with van der Waals surface area (Å²) in [5.74, 6) is 5.51. The van der Waals surface area contributed by atoms with Crippen molar-refractivity contribution in [2.75, 3.05) is 17.9 Å². The molecule has 0 saturated carbocycles. The predicted octanol–water partition coefficient (Wildman–Crippen LogP) is 2.59. The van der Waals surface area contributed by atoms with Crippen molar-refractivity contribution in [3.63, 3.8) is 0 Å². The molecule has 2 aromatic rings. The fourth-order valence-corrected chi connectivity index (χ4v) is 1.97. The van der Waals surface area contributed by atoms with Crippen LogP contribution < -0.4 is 21.3 Å². The summed E-state index contributed by atoms with van der Waals surface area (Å²) in [6, 6.07) is 5.00. The van der Waals surface area contributed by atoms with Crippen LogP contribution in [0.1, 0.15) is 15.9 Å². The maximum Gasteiger partial charge on any atom is 0.259 e. The van der Waals surface area contributed by atoms with Gasteiger partial charge in [-0.25, -0.2) is 0 Å². The molecule has 7 heteroatoms. The molecule has 1 heterocycles. The molecule has 110 valence electrons. The first kappa shape index (κ1) is 15.1. The number of rotatable bonds is 4. The van der Waals surface area contributed by atoms with E-state index < -0.39 is 0 Å². The van der Waals surface area contributed by atoms with Crippen LogP contribution in [0.25, 0.3) is 0 Å². The van der Waals surface area contributed by atoms with E-state index >= 15 is 0 Å². The van der Waals surface area contributed by atoms with E-state index in [0.717, 1.165) is 5.56 Å². The summed E-state index contributed by atoms with van der Waals surface area (Å²) in [6.45, 7) is 1.84. The number of nitrogens with two attached hydrogens (primary N) is 1. The van der Waals surface area contributed by atoms with E-state index in [1.165, 1.54) is 13.3 Å². The van der Waals surface area contributed by atoms with Gasteiger partial charge in [0, 0.05) is 23.5 Å². The summed E-state index contributed by atoms with van der Waals surface area (Å²) in [6.07, 6.45) is 2.97. The van der Waals surface area contributed by atoms with Gasteiger partial charge in [-0.2, -0.15) is 0 Å². The summed E-state index contributed by atoms with van der Waals surface area (Å²) < 4.78 is 5.22. The zero-order chi connectivity index (χ0) is 15.4. The van der Waals surface area contributed by atoms with E-state index in [9.17, 15) is 4.79 Å². The molecule has 0 aliphatic heterocycles. The minimum absolute atomic E-state index is 0.328. The predicted molar refractivity (Wildman–Crippen MR) is 82.7 cm³/mol. The Morgan fingerprint density at radius 2 is 2.14 bits per heavy atom. The molecule has 0 aliphatic rings. The minimum Gasteiger partial charge on any atom is -0.495 e. The van der Waals surface area contributed by atoms with Gasteiger partial charge < -0.3 is 15.5 Å². The average molecular weight is 307 g/mol. The van der Waals surface area contributed by atoms with Crippen LogP contribution in [0, 0.1) is 6.92 Å². The van der Waals surface area contributed by atoms with Crippen LogP contribution in [0.4, 0.5) is 11.4 Å². The molecular formula is C14H15ClN4O2. The second-order valence-electron chi connectivity index (χ2n) is 4.32. The van der Waals surface area contributed by atoms with Crippen LogP contribution in [0.15, 0.2) is 30.6 Å². The molecule has 0 aliphatic carbocycles. The highest BCUT2D eigenvalue weighted by Gasteiger charge is 2.14. The van der Waals surface area contributed by atoms with Crippen molar-refractivity contribution in [3.8, 4) is 5.75 Å². The molecule has 0 unspecified atom stereocenters. The summed E-state index contributed by atoms with van der Waals surface area (Å²) in [5.41, 5.74) is 4.62. The average Bonchev–Trinajstić information content (AvgIpc) is 2.50. The topological polar surface area (TPSA) is 89.3 Å². The number of carbonyl (C=O) groups is 1. The molecule has 0 radical (unpaired) electrons. The number of nitrogens with zero attached hydrogens (tertiary/aromatic N) is 1. The van der Waals surface area contributed by atoms with Gasteiger partial charge in [-0.15, -0.1) is 0 Å². The van der Waals surface area contributed by atoms with Crippen LogP contribution in [0.3, 0.4) is 0 Å². The third kappa shape index (κ3) is 3.24. The van der Waals surface area contributed by atoms with E-state index in [0.29, 0.717) is 27.7 Å². The van der Waals surface area contributed by atoms with Gasteiger partial charge in [-0.3, -0.25) is 15.6 Å². The lowest BCUT2D eigenvalue weighted by Crippen LogP contribution is -2.18. The summed E-state index contributed by atoms with van der Waals surface area (Å²) in [4.78, 5) is 16.2. The number of aryl methyl sites for hydroxylation is 1. The Morgan fingerprint density at radius 1 is 1.38 bits per heavy atom. The van der Waals surface area contributed by atoms with Gasteiger partial charge in [0.05, 0.1) is 24.0 Å². The van der Waals surface area contributed by atoms with Gasteiger partial charge in [-0.05, 0) is 24.6 Å². The standard InChI is InChI=1S/C14H15ClN4O2/c1-8-5-12(13(21-2)6-10(8)15)18-14(20)9-7-17-4-3-11(9)19-16/h3-7H,16H2,1-2H3,(H,17,19)(H,18,20). The van der Waals surface area contributed by atoms with E-state index in [-0.39, 0.29) is 5.91 Å². The number of hydrogen-bond acceptors (Lipinski definition) is 5. The fourth-order valence-electron chi connectivity index (χ4n) is 1.82. The maximum absolute atomic E-state index is 12.3. The van der Waals surface area contributed by atoms with E-state index in [4.69, 9.17) is 22.2 Å². The minimum atomic E-state index is -0.351. The van der Waals surface area contributed by atoms with Gasteiger partial charge >= 0.3 is 0 Å². The molecule has 1 aromatic carbocycles. The molecule has 0 fully saturated rings. The Morgan fingerprint density at radius 3 is 2.81 bits per heavy atom. The van der Waals surface area contributed by atoms with Gasteiger partial charge in [0.2, 0.25) is 0 Å². The zero-order valence-electron chi connectivity index (χ0n) is 11.6. The lowest BCUT2D eigenvalue weighted by atomic mass is 10.1. The normalized spacial score (nSPS) is 10.1. The molecule has 6 nitrogen and oxygen atoms in total. The Kier molecular flexibility index (Phi) is 4.62. The van der Waals surface area contributed by atoms with Crippen LogP contribution >= 0.6 is 11.6 Å². The number of hydrazine groups is 1. The molecule has 2 rings (SSSR count). The summed E-state index contributed by atoms with van der Waals surface area (Å²) >= 11 is 6.04. The second-order valence-corrected chi connectivity index (χ2v) is 4.73. The molecule has 0 atom stereocenters. The number of amides is 1. The van der Waals surface area contributed by atoms with Gasteiger partial charge in [0.25, 0.3) is 5.91 Å².